The summed E-state index contributed by atoms with van der Waals surface area (Å²) in [6.07, 6.45) is 3.54. The topological polar surface area (TPSA) is 65.2 Å². The highest BCUT2D eigenvalue weighted by molar-refractivity contribution is 5.81. The van der Waals surface area contributed by atoms with Crippen LogP contribution in [-0.2, 0) is 4.79 Å². The van der Waals surface area contributed by atoms with Gasteiger partial charge >= 0.3 is 5.97 Å². The fourth-order valence-electron chi connectivity index (χ4n) is 2.09. The van der Waals surface area contributed by atoms with Crippen LogP contribution < -0.4 is 4.74 Å². The average molecular weight is 280 g/mol. The molecule has 0 saturated heterocycles. The summed E-state index contributed by atoms with van der Waals surface area (Å²) in [5.41, 5.74) is 1.96. The minimum atomic E-state index is -0.168. The maximum Gasteiger partial charge on any atom is 0.314 e. The zero-order valence-corrected chi connectivity index (χ0v) is 11.2. The lowest BCUT2D eigenvalue weighted by molar-refractivity contribution is -0.135. The van der Waals surface area contributed by atoms with Crippen LogP contribution in [0.1, 0.15) is 12.8 Å². The summed E-state index contributed by atoms with van der Waals surface area (Å²) in [6, 6.07) is 10.7. The Balaban J connectivity index is 1.66. The van der Waals surface area contributed by atoms with E-state index >= 15 is 0 Å². The molecule has 21 heavy (non-hydrogen) atoms. The first-order valence-electron chi connectivity index (χ1n) is 6.83. The summed E-state index contributed by atoms with van der Waals surface area (Å²) in [7, 11) is 0. The van der Waals surface area contributed by atoms with Crippen LogP contribution in [0, 0.1) is 5.92 Å². The minimum Gasteiger partial charge on any atom is -0.435 e. The molecule has 5 heteroatoms. The Labute approximate surface area is 120 Å². The van der Waals surface area contributed by atoms with Crippen LogP contribution >= 0.6 is 0 Å². The Kier molecular flexibility index (Phi) is 2.70. The second-order valence-corrected chi connectivity index (χ2v) is 5.06. The molecule has 1 saturated carbocycles. The van der Waals surface area contributed by atoms with Crippen LogP contribution in [-0.4, -0.2) is 15.9 Å². The largest absolute Gasteiger partial charge is 0.435 e. The van der Waals surface area contributed by atoms with Gasteiger partial charge in [0.1, 0.15) is 17.0 Å². The molecule has 0 N–H and O–H groups in total. The van der Waals surface area contributed by atoms with Gasteiger partial charge in [-0.3, -0.25) is 9.78 Å². The van der Waals surface area contributed by atoms with E-state index in [4.69, 9.17) is 9.15 Å². The van der Waals surface area contributed by atoms with Crippen LogP contribution in [0.2, 0.25) is 0 Å². The molecule has 104 valence electrons. The van der Waals surface area contributed by atoms with Crippen molar-refractivity contribution in [3.8, 4) is 17.3 Å². The van der Waals surface area contributed by atoms with E-state index in [2.05, 4.69) is 9.97 Å². The quantitative estimate of drug-likeness (QED) is 0.544. The van der Waals surface area contributed by atoms with Gasteiger partial charge in [0, 0.05) is 12.3 Å². The van der Waals surface area contributed by atoms with Gasteiger partial charge in [-0.1, -0.05) is 6.07 Å². The van der Waals surface area contributed by atoms with Gasteiger partial charge in [0.15, 0.2) is 5.58 Å². The second-order valence-electron chi connectivity index (χ2n) is 5.06. The molecule has 0 unspecified atom stereocenters. The summed E-state index contributed by atoms with van der Waals surface area (Å²) in [4.78, 5) is 20.2. The van der Waals surface area contributed by atoms with Crippen molar-refractivity contribution in [3.05, 3.63) is 42.6 Å². The molecule has 0 atom stereocenters. The van der Waals surface area contributed by atoms with Crippen molar-refractivity contribution in [2.45, 2.75) is 12.8 Å². The minimum absolute atomic E-state index is 0.0690. The summed E-state index contributed by atoms with van der Waals surface area (Å²) >= 11 is 0. The Bertz CT molecular complexity index is 807. The molecule has 2 heterocycles. The molecule has 1 aromatic carbocycles. The number of hydrogen-bond acceptors (Lipinski definition) is 5. The van der Waals surface area contributed by atoms with E-state index in [1.165, 1.54) is 0 Å². The lowest BCUT2D eigenvalue weighted by Crippen LogP contribution is -2.09. The monoisotopic (exact) mass is 280 g/mol. The van der Waals surface area contributed by atoms with Crippen LogP contribution in [0.25, 0.3) is 22.7 Å². The van der Waals surface area contributed by atoms with Crippen molar-refractivity contribution in [1.29, 1.82) is 0 Å². The van der Waals surface area contributed by atoms with Gasteiger partial charge in [-0.05, 0) is 37.1 Å². The molecule has 0 amide bonds. The fourth-order valence-corrected chi connectivity index (χ4v) is 2.09. The van der Waals surface area contributed by atoms with E-state index in [1.807, 2.05) is 18.2 Å². The Morgan fingerprint density at radius 1 is 1.24 bits per heavy atom. The lowest BCUT2D eigenvalue weighted by atomic mass is 10.3. The number of aromatic nitrogens is 2. The van der Waals surface area contributed by atoms with Gasteiger partial charge in [-0.25, -0.2) is 4.98 Å². The van der Waals surface area contributed by atoms with Crippen molar-refractivity contribution in [2.24, 2.45) is 5.92 Å². The first kappa shape index (κ1) is 12.1. The molecule has 0 spiro atoms. The third kappa shape index (κ3) is 2.38. The van der Waals surface area contributed by atoms with Gasteiger partial charge in [0.25, 0.3) is 0 Å². The number of pyridine rings is 1. The molecule has 1 aliphatic rings. The highest BCUT2D eigenvalue weighted by Crippen LogP contribution is 2.32. The van der Waals surface area contributed by atoms with Crippen molar-refractivity contribution in [1.82, 2.24) is 9.97 Å². The molecule has 4 rings (SSSR count). The molecular weight excluding hydrogens is 268 g/mol. The Hall–Kier alpha value is -2.69. The first-order valence-corrected chi connectivity index (χ1v) is 6.83. The zero-order chi connectivity index (χ0) is 14.2. The van der Waals surface area contributed by atoms with Crippen molar-refractivity contribution in [3.63, 3.8) is 0 Å². The van der Waals surface area contributed by atoms with E-state index in [9.17, 15) is 4.79 Å². The number of nitrogens with zero attached hydrogens (tertiary/aromatic N) is 2. The van der Waals surface area contributed by atoms with Crippen LogP contribution in [0.3, 0.4) is 0 Å². The lowest BCUT2D eigenvalue weighted by Gasteiger charge is -2.01. The summed E-state index contributed by atoms with van der Waals surface area (Å²) in [5.74, 6) is 0.845. The van der Waals surface area contributed by atoms with Crippen molar-refractivity contribution >= 4 is 17.1 Å². The van der Waals surface area contributed by atoms with Gasteiger partial charge < -0.3 is 9.15 Å². The summed E-state index contributed by atoms with van der Waals surface area (Å²) < 4.78 is 11.0. The number of rotatable bonds is 3. The number of carbonyl (C=O) groups excluding carboxylic acids is 1. The van der Waals surface area contributed by atoms with E-state index in [-0.39, 0.29) is 11.9 Å². The molecule has 5 nitrogen and oxygen atoms in total. The van der Waals surface area contributed by atoms with Gasteiger partial charge in [-0.2, -0.15) is 0 Å². The molecule has 0 aliphatic heterocycles. The van der Waals surface area contributed by atoms with E-state index in [1.54, 1.807) is 24.4 Å². The summed E-state index contributed by atoms with van der Waals surface area (Å²) in [6.45, 7) is 0. The Morgan fingerprint density at radius 3 is 2.90 bits per heavy atom. The number of fused-ring (bicyclic) bond motifs is 1. The van der Waals surface area contributed by atoms with Crippen molar-refractivity contribution < 1.29 is 13.9 Å². The molecule has 1 aliphatic carbocycles. The van der Waals surface area contributed by atoms with Gasteiger partial charge in [-0.15, -0.1) is 0 Å². The summed E-state index contributed by atoms with van der Waals surface area (Å²) in [5, 5.41) is 0. The molecule has 0 radical (unpaired) electrons. The third-order valence-corrected chi connectivity index (χ3v) is 3.37. The van der Waals surface area contributed by atoms with Crippen molar-refractivity contribution in [2.75, 3.05) is 0 Å². The fraction of sp³-hybridized carbons (Fsp3) is 0.188. The predicted octanol–water partition coefficient (Wildman–Crippen LogP) is 3.21. The second kappa shape index (κ2) is 4.70. The zero-order valence-electron chi connectivity index (χ0n) is 11.2. The Morgan fingerprint density at radius 2 is 2.14 bits per heavy atom. The van der Waals surface area contributed by atoms with Crippen LogP contribution in [0.5, 0.6) is 5.75 Å². The SMILES string of the molecule is O=C(Oc1ccc2nc(-c3ccccn3)oc2c1)C1CC1. The van der Waals surface area contributed by atoms with E-state index < -0.39 is 0 Å². The van der Waals surface area contributed by atoms with Crippen LogP contribution in [0.4, 0.5) is 0 Å². The molecule has 3 aromatic rings. The smallest absolute Gasteiger partial charge is 0.314 e. The maximum atomic E-state index is 11.7. The average Bonchev–Trinajstić information content (AvgIpc) is 3.28. The maximum absolute atomic E-state index is 11.7. The number of carbonyl (C=O) groups is 1. The molecular formula is C16H12N2O3. The number of hydrogen-bond donors (Lipinski definition) is 0. The number of esters is 1. The van der Waals surface area contributed by atoms with Gasteiger partial charge in [0.05, 0.1) is 5.92 Å². The highest BCUT2D eigenvalue weighted by Gasteiger charge is 2.31. The first-order chi connectivity index (χ1) is 10.3. The number of oxazole rings is 1. The third-order valence-electron chi connectivity index (χ3n) is 3.37. The van der Waals surface area contributed by atoms with E-state index in [0.717, 1.165) is 12.8 Å². The number of benzene rings is 1. The van der Waals surface area contributed by atoms with Gasteiger partial charge in [0.2, 0.25) is 5.89 Å². The highest BCUT2D eigenvalue weighted by atomic mass is 16.5. The molecule has 0 bridgehead atoms. The normalized spacial score (nSPS) is 14.3. The number of ether oxygens (including phenoxy) is 1. The predicted molar refractivity (Wildman–Crippen MR) is 75.6 cm³/mol. The standard InChI is InChI=1S/C16H12N2O3/c19-16(10-4-5-10)20-11-6-7-12-14(9-11)21-15(18-12)13-3-1-2-8-17-13/h1-3,6-10H,4-5H2. The molecule has 1 fully saturated rings. The van der Waals surface area contributed by atoms with E-state index in [0.29, 0.717) is 28.4 Å². The van der Waals surface area contributed by atoms with Crippen LogP contribution in [0.15, 0.2) is 47.0 Å². The molecule has 2 aromatic heterocycles.